The molecule has 2 rings (SSSR count). The molecule has 0 heterocycles. The first-order valence-corrected chi connectivity index (χ1v) is 7.22. The molecule has 1 fully saturated rings. The van der Waals surface area contributed by atoms with Crippen LogP contribution in [0.1, 0.15) is 50.1 Å². The molecule has 0 bridgehead atoms. The quantitative estimate of drug-likeness (QED) is 0.881. The number of benzene rings is 1. The van der Waals surface area contributed by atoms with Crippen LogP contribution in [0.25, 0.3) is 0 Å². The van der Waals surface area contributed by atoms with Crippen LogP contribution in [0.3, 0.4) is 0 Å². The molecule has 19 heavy (non-hydrogen) atoms. The van der Waals surface area contributed by atoms with Gasteiger partial charge in [-0.25, -0.2) is 0 Å². The van der Waals surface area contributed by atoms with E-state index in [0.29, 0.717) is 0 Å². The van der Waals surface area contributed by atoms with E-state index in [9.17, 15) is 0 Å². The lowest BCUT2D eigenvalue weighted by molar-refractivity contribution is 0.310. The molecule has 0 radical (unpaired) electrons. The minimum atomic E-state index is -0.00537. The molecule has 0 saturated heterocycles. The van der Waals surface area contributed by atoms with E-state index in [2.05, 4.69) is 0 Å². The van der Waals surface area contributed by atoms with E-state index in [1.165, 1.54) is 32.1 Å². The zero-order chi connectivity index (χ0) is 13.7. The number of ether oxygens (including phenoxy) is 2. The van der Waals surface area contributed by atoms with Crippen LogP contribution in [0.15, 0.2) is 18.2 Å². The van der Waals surface area contributed by atoms with Crippen molar-refractivity contribution in [1.82, 2.24) is 0 Å². The third-order valence-electron chi connectivity index (χ3n) is 4.15. The lowest BCUT2D eigenvalue weighted by atomic mass is 9.83. The van der Waals surface area contributed by atoms with Crippen LogP contribution in [-0.4, -0.2) is 14.2 Å². The van der Waals surface area contributed by atoms with E-state index in [1.54, 1.807) is 14.2 Å². The highest BCUT2D eigenvalue weighted by Gasteiger charge is 2.22. The van der Waals surface area contributed by atoms with E-state index < -0.39 is 0 Å². The Balaban J connectivity index is 2.14. The SMILES string of the molecule is COc1cccc(OC)c1C(N)CC1CCCCC1. The second kappa shape index (κ2) is 6.80. The second-order valence-corrected chi connectivity index (χ2v) is 5.42. The van der Waals surface area contributed by atoms with Crippen LogP contribution in [0.5, 0.6) is 11.5 Å². The van der Waals surface area contributed by atoms with Crippen LogP contribution in [0, 0.1) is 5.92 Å². The minimum Gasteiger partial charge on any atom is -0.496 e. The fourth-order valence-corrected chi connectivity index (χ4v) is 3.15. The molecule has 0 aliphatic heterocycles. The molecule has 2 N–H and O–H groups in total. The molecule has 1 aliphatic rings. The smallest absolute Gasteiger partial charge is 0.127 e. The number of methoxy groups -OCH3 is 2. The highest BCUT2D eigenvalue weighted by molar-refractivity contribution is 5.46. The molecule has 1 aromatic rings. The maximum Gasteiger partial charge on any atom is 0.127 e. The van der Waals surface area contributed by atoms with Crippen LogP contribution >= 0.6 is 0 Å². The summed E-state index contributed by atoms with van der Waals surface area (Å²) >= 11 is 0. The molecule has 0 amide bonds. The van der Waals surface area contributed by atoms with E-state index in [-0.39, 0.29) is 6.04 Å². The molecule has 1 aromatic carbocycles. The summed E-state index contributed by atoms with van der Waals surface area (Å²) < 4.78 is 10.9. The molecule has 1 aliphatic carbocycles. The fourth-order valence-electron chi connectivity index (χ4n) is 3.15. The molecule has 3 nitrogen and oxygen atoms in total. The van der Waals surface area contributed by atoms with Crippen molar-refractivity contribution in [3.8, 4) is 11.5 Å². The molecular weight excluding hydrogens is 238 g/mol. The summed E-state index contributed by atoms with van der Waals surface area (Å²) in [6.07, 6.45) is 7.72. The van der Waals surface area contributed by atoms with Crippen molar-refractivity contribution >= 4 is 0 Å². The average Bonchev–Trinajstić information content (AvgIpc) is 2.47. The van der Waals surface area contributed by atoms with Crippen molar-refractivity contribution < 1.29 is 9.47 Å². The standard InChI is InChI=1S/C16H25NO2/c1-18-14-9-6-10-15(19-2)16(14)13(17)11-12-7-4-3-5-8-12/h6,9-10,12-13H,3-5,7-8,11,17H2,1-2H3. The Morgan fingerprint density at radius 3 is 2.21 bits per heavy atom. The van der Waals surface area contributed by atoms with Crippen molar-refractivity contribution in [1.29, 1.82) is 0 Å². The Labute approximate surface area is 116 Å². The van der Waals surface area contributed by atoms with Crippen molar-refractivity contribution in [2.24, 2.45) is 11.7 Å². The highest BCUT2D eigenvalue weighted by Crippen LogP contribution is 2.38. The number of nitrogens with two attached hydrogens (primary N) is 1. The average molecular weight is 263 g/mol. The Hall–Kier alpha value is -1.22. The molecule has 1 atom stereocenters. The van der Waals surface area contributed by atoms with Crippen molar-refractivity contribution in [3.63, 3.8) is 0 Å². The monoisotopic (exact) mass is 263 g/mol. The Bertz CT molecular complexity index is 377. The maximum atomic E-state index is 6.42. The number of hydrogen-bond donors (Lipinski definition) is 1. The first kappa shape index (κ1) is 14.2. The number of hydrogen-bond acceptors (Lipinski definition) is 3. The largest absolute Gasteiger partial charge is 0.496 e. The van der Waals surface area contributed by atoms with E-state index in [0.717, 1.165) is 29.4 Å². The highest BCUT2D eigenvalue weighted by atomic mass is 16.5. The summed E-state index contributed by atoms with van der Waals surface area (Å²) in [7, 11) is 3.37. The summed E-state index contributed by atoms with van der Waals surface area (Å²) in [6, 6.07) is 5.85. The summed E-state index contributed by atoms with van der Waals surface area (Å²) in [5, 5.41) is 0. The normalized spacial score (nSPS) is 18.1. The lowest BCUT2D eigenvalue weighted by Crippen LogP contribution is -2.18. The van der Waals surface area contributed by atoms with Crippen molar-refractivity contribution in [3.05, 3.63) is 23.8 Å². The van der Waals surface area contributed by atoms with Gasteiger partial charge < -0.3 is 15.2 Å². The van der Waals surface area contributed by atoms with Gasteiger partial charge in [0.1, 0.15) is 11.5 Å². The minimum absolute atomic E-state index is 0.00537. The third kappa shape index (κ3) is 3.41. The summed E-state index contributed by atoms with van der Waals surface area (Å²) in [6.45, 7) is 0. The molecular formula is C16H25NO2. The molecule has 0 spiro atoms. The first-order valence-electron chi connectivity index (χ1n) is 7.22. The maximum absolute atomic E-state index is 6.42. The number of rotatable bonds is 5. The summed E-state index contributed by atoms with van der Waals surface area (Å²) in [4.78, 5) is 0. The summed E-state index contributed by atoms with van der Waals surface area (Å²) in [5.74, 6) is 2.42. The van der Waals surface area contributed by atoms with Gasteiger partial charge in [0.05, 0.1) is 19.8 Å². The topological polar surface area (TPSA) is 44.5 Å². The van der Waals surface area contributed by atoms with E-state index in [4.69, 9.17) is 15.2 Å². The van der Waals surface area contributed by atoms with Gasteiger partial charge >= 0.3 is 0 Å². The van der Waals surface area contributed by atoms with Crippen molar-refractivity contribution in [2.75, 3.05) is 14.2 Å². The van der Waals surface area contributed by atoms with Gasteiger partial charge in [0.25, 0.3) is 0 Å². The van der Waals surface area contributed by atoms with Gasteiger partial charge in [0.15, 0.2) is 0 Å². The molecule has 3 heteroatoms. The fraction of sp³-hybridized carbons (Fsp3) is 0.625. The van der Waals surface area contributed by atoms with Crippen LogP contribution in [0.2, 0.25) is 0 Å². The third-order valence-corrected chi connectivity index (χ3v) is 4.15. The second-order valence-electron chi connectivity index (χ2n) is 5.42. The van der Waals surface area contributed by atoms with Gasteiger partial charge in [0, 0.05) is 6.04 Å². The summed E-state index contributed by atoms with van der Waals surface area (Å²) in [5.41, 5.74) is 7.43. The van der Waals surface area contributed by atoms with Gasteiger partial charge in [-0.3, -0.25) is 0 Å². The van der Waals surface area contributed by atoms with Gasteiger partial charge in [-0.2, -0.15) is 0 Å². The van der Waals surface area contributed by atoms with E-state index in [1.807, 2.05) is 18.2 Å². The Kier molecular flexibility index (Phi) is 5.08. The Morgan fingerprint density at radius 2 is 1.68 bits per heavy atom. The van der Waals surface area contributed by atoms with E-state index >= 15 is 0 Å². The zero-order valence-electron chi connectivity index (χ0n) is 12.0. The first-order chi connectivity index (χ1) is 9.26. The molecule has 1 saturated carbocycles. The predicted octanol–water partition coefficient (Wildman–Crippen LogP) is 3.67. The lowest BCUT2D eigenvalue weighted by Gasteiger charge is -2.26. The molecule has 1 unspecified atom stereocenters. The van der Waals surface area contributed by atoms with Gasteiger partial charge in [0.2, 0.25) is 0 Å². The zero-order valence-corrected chi connectivity index (χ0v) is 12.0. The van der Waals surface area contributed by atoms with Gasteiger partial charge in [-0.05, 0) is 24.5 Å². The molecule has 106 valence electrons. The van der Waals surface area contributed by atoms with Crippen LogP contribution in [-0.2, 0) is 0 Å². The van der Waals surface area contributed by atoms with Crippen LogP contribution in [0.4, 0.5) is 0 Å². The van der Waals surface area contributed by atoms with Crippen LogP contribution < -0.4 is 15.2 Å². The van der Waals surface area contributed by atoms with Gasteiger partial charge in [-0.1, -0.05) is 38.2 Å². The van der Waals surface area contributed by atoms with Gasteiger partial charge in [-0.15, -0.1) is 0 Å². The van der Waals surface area contributed by atoms with Crippen molar-refractivity contribution in [2.45, 2.75) is 44.6 Å². The Morgan fingerprint density at radius 1 is 1.11 bits per heavy atom. The predicted molar refractivity (Wildman–Crippen MR) is 77.7 cm³/mol. The molecule has 0 aromatic heterocycles.